The van der Waals surface area contributed by atoms with E-state index in [1.807, 2.05) is 73.7 Å². The summed E-state index contributed by atoms with van der Waals surface area (Å²) in [6.45, 7) is 2.61. The van der Waals surface area contributed by atoms with Gasteiger partial charge in [0.1, 0.15) is 6.61 Å². The van der Waals surface area contributed by atoms with Crippen molar-refractivity contribution in [1.29, 1.82) is 0 Å². The summed E-state index contributed by atoms with van der Waals surface area (Å²) in [5, 5.41) is 12.3. The fourth-order valence-electron chi connectivity index (χ4n) is 6.06. The Kier molecular flexibility index (Phi) is 8.02. The van der Waals surface area contributed by atoms with Gasteiger partial charge in [0.2, 0.25) is 0 Å². The summed E-state index contributed by atoms with van der Waals surface area (Å²) in [7, 11) is 0. The topological polar surface area (TPSA) is 96.0 Å². The van der Waals surface area contributed by atoms with Gasteiger partial charge in [0, 0.05) is 28.3 Å². The van der Waals surface area contributed by atoms with Gasteiger partial charge in [-0.2, -0.15) is 0 Å². The average molecular weight is 650 g/mol. The maximum atomic E-state index is 14.2. The van der Waals surface area contributed by atoms with Crippen LogP contribution >= 0.6 is 22.9 Å². The van der Waals surface area contributed by atoms with Crippen LogP contribution in [0.1, 0.15) is 47.2 Å². The number of benzene rings is 4. The van der Waals surface area contributed by atoms with Crippen LogP contribution in [-0.4, -0.2) is 16.1 Å². The van der Waals surface area contributed by atoms with Crippen LogP contribution in [0.2, 0.25) is 5.02 Å². The molecular weight excluding hydrogens is 622 g/mol. The zero-order chi connectivity index (χ0) is 31.8. The number of hydrogen-bond donors (Lipinski definition) is 0. The number of non-ortho nitro benzene ring substituents is 1. The summed E-state index contributed by atoms with van der Waals surface area (Å²) in [5.74, 6) is 1.12. The van der Waals surface area contributed by atoms with E-state index in [1.165, 1.54) is 23.0 Å². The normalized spacial score (nSPS) is 15.4. The van der Waals surface area contributed by atoms with Crippen molar-refractivity contribution in [3.8, 4) is 11.5 Å². The van der Waals surface area contributed by atoms with Gasteiger partial charge < -0.3 is 9.47 Å². The molecule has 1 aliphatic carbocycles. The van der Waals surface area contributed by atoms with Crippen LogP contribution in [0, 0.1) is 10.1 Å². The Hall–Kier alpha value is -4.99. The molecule has 0 amide bonds. The van der Waals surface area contributed by atoms with Crippen LogP contribution < -0.4 is 24.4 Å². The minimum atomic E-state index is -0.513. The van der Waals surface area contributed by atoms with Gasteiger partial charge in [0.15, 0.2) is 16.3 Å². The molecule has 4 aromatic carbocycles. The maximum Gasteiger partial charge on any atom is 0.271 e. The van der Waals surface area contributed by atoms with E-state index in [1.54, 1.807) is 16.7 Å². The number of halogens is 1. The Labute approximate surface area is 273 Å². The number of rotatable bonds is 8. The molecular formula is C36H28ClN3O5S. The smallest absolute Gasteiger partial charge is 0.271 e. The second kappa shape index (κ2) is 12.4. The van der Waals surface area contributed by atoms with Gasteiger partial charge in [-0.3, -0.25) is 19.5 Å². The Morgan fingerprint density at radius 3 is 2.65 bits per heavy atom. The first kappa shape index (κ1) is 29.7. The molecule has 0 saturated carbocycles. The van der Waals surface area contributed by atoms with E-state index in [9.17, 15) is 14.9 Å². The maximum absolute atomic E-state index is 14.2. The minimum absolute atomic E-state index is 0.0183. The fraction of sp³-hybridized carbons (Fsp3) is 0.167. The molecule has 10 heteroatoms. The lowest BCUT2D eigenvalue weighted by Gasteiger charge is -2.30. The monoisotopic (exact) mass is 649 g/mol. The van der Waals surface area contributed by atoms with Crippen LogP contribution in [-0.2, 0) is 13.0 Å². The van der Waals surface area contributed by atoms with E-state index in [0.29, 0.717) is 44.4 Å². The Balaban J connectivity index is 1.33. The Morgan fingerprint density at radius 2 is 1.83 bits per heavy atom. The number of aryl methyl sites for hydroxylation is 1. The summed E-state index contributed by atoms with van der Waals surface area (Å²) < 4.78 is 14.2. The van der Waals surface area contributed by atoms with Crippen LogP contribution in [0.4, 0.5) is 5.69 Å². The van der Waals surface area contributed by atoms with E-state index in [2.05, 4.69) is 12.1 Å². The van der Waals surface area contributed by atoms with Crippen molar-refractivity contribution < 1.29 is 14.4 Å². The molecule has 0 saturated heterocycles. The molecule has 0 unspecified atom stereocenters. The van der Waals surface area contributed by atoms with E-state index in [-0.39, 0.29) is 17.9 Å². The van der Waals surface area contributed by atoms with E-state index in [4.69, 9.17) is 26.1 Å². The number of thiazole rings is 1. The standard InChI is InChI=1S/C36H28ClN3O5S/c1-2-44-31-18-22(14-17-30(31)45-21-25-9-4-6-13-29(25)37)19-32-35(41)39-34(24-10-7-11-26(20-24)40(42)43)28-16-15-23-8-3-5-12-27(23)33(28)38-36(39)46-32/h3-14,17-20,34H,2,15-16,21H2,1H3/b32-19+/t34-/m1/s1. The van der Waals surface area contributed by atoms with Crippen molar-refractivity contribution in [2.24, 2.45) is 4.99 Å². The lowest BCUT2D eigenvalue weighted by molar-refractivity contribution is -0.384. The summed E-state index contributed by atoms with van der Waals surface area (Å²) in [6, 6.07) is 27.3. The highest BCUT2D eigenvalue weighted by molar-refractivity contribution is 7.07. The number of allylic oxidation sites excluding steroid dienone is 1. The van der Waals surface area contributed by atoms with Crippen molar-refractivity contribution in [3.05, 3.63) is 159 Å². The van der Waals surface area contributed by atoms with Gasteiger partial charge in [-0.1, -0.05) is 83.6 Å². The SMILES string of the molecule is CCOc1cc(/C=c2/sc3n(c2=O)[C@H](c2cccc([N+](=O)[O-])c2)C2=C(N=3)c3ccccc3CC2)ccc1OCc1ccccc1Cl. The number of nitro benzene ring substituents is 1. The Morgan fingerprint density at radius 1 is 1.00 bits per heavy atom. The number of aromatic nitrogens is 1. The number of fused-ring (bicyclic) bond motifs is 3. The van der Waals surface area contributed by atoms with E-state index < -0.39 is 11.0 Å². The molecule has 1 aromatic heterocycles. The molecule has 1 aliphatic heterocycles. The molecule has 0 bridgehead atoms. The molecule has 0 N–H and O–H groups in total. The van der Waals surface area contributed by atoms with Gasteiger partial charge in [-0.15, -0.1) is 0 Å². The van der Waals surface area contributed by atoms with Gasteiger partial charge in [-0.25, -0.2) is 4.99 Å². The van der Waals surface area contributed by atoms with Gasteiger partial charge in [-0.05, 0) is 66.3 Å². The molecule has 2 aliphatic rings. The molecule has 7 rings (SSSR count). The predicted molar refractivity (Wildman–Crippen MR) is 179 cm³/mol. The molecule has 46 heavy (non-hydrogen) atoms. The van der Waals surface area contributed by atoms with Crippen molar-refractivity contribution in [3.63, 3.8) is 0 Å². The molecule has 230 valence electrons. The van der Waals surface area contributed by atoms with Crippen LogP contribution in [0.25, 0.3) is 11.8 Å². The second-order valence-electron chi connectivity index (χ2n) is 11.0. The van der Waals surface area contributed by atoms with Gasteiger partial charge in [0.25, 0.3) is 11.2 Å². The highest BCUT2D eigenvalue weighted by Crippen LogP contribution is 2.41. The van der Waals surface area contributed by atoms with Crippen molar-refractivity contribution >= 4 is 40.4 Å². The summed E-state index contributed by atoms with van der Waals surface area (Å²) in [4.78, 5) is 31.1. The van der Waals surface area contributed by atoms with Crippen LogP contribution in [0.5, 0.6) is 11.5 Å². The second-order valence-corrected chi connectivity index (χ2v) is 12.4. The molecule has 0 fully saturated rings. The number of nitro groups is 1. The first-order valence-corrected chi connectivity index (χ1v) is 16.1. The fourth-order valence-corrected chi connectivity index (χ4v) is 7.25. The van der Waals surface area contributed by atoms with E-state index >= 15 is 0 Å². The quantitative estimate of drug-likeness (QED) is 0.135. The first-order valence-electron chi connectivity index (χ1n) is 14.9. The van der Waals surface area contributed by atoms with Crippen molar-refractivity contribution in [1.82, 2.24) is 4.57 Å². The predicted octanol–water partition coefficient (Wildman–Crippen LogP) is 6.86. The highest BCUT2D eigenvalue weighted by atomic mass is 35.5. The zero-order valence-corrected chi connectivity index (χ0v) is 26.4. The Bertz CT molecular complexity index is 2220. The van der Waals surface area contributed by atoms with Gasteiger partial charge >= 0.3 is 0 Å². The number of ether oxygens (including phenoxy) is 2. The third-order valence-electron chi connectivity index (χ3n) is 8.18. The zero-order valence-electron chi connectivity index (χ0n) is 24.8. The van der Waals surface area contributed by atoms with Crippen LogP contribution in [0.3, 0.4) is 0 Å². The molecule has 0 spiro atoms. The lowest BCUT2D eigenvalue weighted by Crippen LogP contribution is -2.38. The minimum Gasteiger partial charge on any atom is -0.490 e. The number of hydrogen-bond acceptors (Lipinski definition) is 7. The molecule has 2 heterocycles. The third-order valence-corrected chi connectivity index (χ3v) is 9.53. The summed E-state index contributed by atoms with van der Waals surface area (Å²) >= 11 is 7.62. The third kappa shape index (κ3) is 5.52. The first-order chi connectivity index (χ1) is 22.4. The largest absolute Gasteiger partial charge is 0.490 e. The average Bonchev–Trinajstić information content (AvgIpc) is 3.38. The lowest BCUT2D eigenvalue weighted by atomic mass is 9.83. The summed E-state index contributed by atoms with van der Waals surface area (Å²) in [6.07, 6.45) is 3.32. The summed E-state index contributed by atoms with van der Waals surface area (Å²) in [5.41, 5.74) is 6.13. The molecule has 8 nitrogen and oxygen atoms in total. The molecule has 5 aromatic rings. The van der Waals surface area contributed by atoms with Gasteiger partial charge in [0.05, 0.1) is 27.8 Å². The van der Waals surface area contributed by atoms with Crippen LogP contribution in [0.15, 0.2) is 106 Å². The van der Waals surface area contributed by atoms with Crippen molar-refractivity contribution in [2.75, 3.05) is 6.61 Å². The van der Waals surface area contributed by atoms with Crippen molar-refractivity contribution in [2.45, 2.75) is 32.4 Å². The van der Waals surface area contributed by atoms with E-state index in [0.717, 1.165) is 34.4 Å². The molecule has 1 atom stereocenters. The highest BCUT2D eigenvalue weighted by Gasteiger charge is 2.33. The molecule has 0 radical (unpaired) electrons. The number of nitrogens with zero attached hydrogens (tertiary/aromatic N) is 3.